The summed E-state index contributed by atoms with van der Waals surface area (Å²) < 4.78 is 0. The predicted octanol–water partition coefficient (Wildman–Crippen LogP) is 1.29. The molecule has 0 aliphatic carbocycles. The van der Waals surface area contributed by atoms with Crippen LogP contribution in [-0.4, -0.2) is 12.5 Å². The number of hydrogen-bond donors (Lipinski definition) is 1. The Morgan fingerprint density at radius 2 is 2.40 bits per heavy atom. The zero-order chi connectivity index (χ0) is 7.82. The Kier molecular flexibility index (Phi) is 5.83. The van der Waals surface area contributed by atoms with Gasteiger partial charge in [-0.2, -0.15) is 0 Å². The lowest BCUT2D eigenvalue weighted by molar-refractivity contribution is -0.120. The molecule has 0 atom stereocenters. The molecular formula is C8H14NO. The third-order valence-electron chi connectivity index (χ3n) is 1.08. The standard InChI is InChI=1S/C8H14NO/c1-3-5-6-7-8(10)9-4-2/h3,5H,1,4,6-7H2,2H3,(H,9,10)/b5-3+. The van der Waals surface area contributed by atoms with Crippen molar-refractivity contribution in [3.63, 3.8) is 0 Å². The van der Waals surface area contributed by atoms with Gasteiger partial charge in [-0.25, -0.2) is 0 Å². The number of carbonyl (C=O) groups is 1. The van der Waals surface area contributed by atoms with Crippen LogP contribution in [0.1, 0.15) is 19.8 Å². The fourth-order valence-electron chi connectivity index (χ4n) is 0.618. The van der Waals surface area contributed by atoms with Crippen LogP contribution in [-0.2, 0) is 4.79 Å². The lowest BCUT2D eigenvalue weighted by atomic mass is 10.3. The summed E-state index contributed by atoms with van der Waals surface area (Å²) in [5, 5.41) is 2.71. The van der Waals surface area contributed by atoms with E-state index in [0.29, 0.717) is 13.0 Å². The fourth-order valence-corrected chi connectivity index (χ4v) is 0.618. The third kappa shape index (κ3) is 5.35. The smallest absolute Gasteiger partial charge is 0.220 e. The Morgan fingerprint density at radius 3 is 2.90 bits per heavy atom. The Labute approximate surface area is 62.3 Å². The highest BCUT2D eigenvalue weighted by atomic mass is 16.1. The summed E-state index contributed by atoms with van der Waals surface area (Å²) in [6.07, 6.45) is 4.95. The van der Waals surface area contributed by atoms with E-state index in [-0.39, 0.29) is 5.91 Å². The first-order valence-corrected chi connectivity index (χ1v) is 3.52. The van der Waals surface area contributed by atoms with Crippen molar-refractivity contribution in [2.24, 2.45) is 0 Å². The van der Waals surface area contributed by atoms with Crippen molar-refractivity contribution in [3.8, 4) is 0 Å². The van der Waals surface area contributed by atoms with E-state index in [2.05, 4.69) is 12.2 Å². The van der Waals surface area contributed by atoms with E-state index in [1.54, 1.807) is 6.08 Å². The number of amides is 1. The van der Waals surface area contributed by atoms with Crippen molar-refractivity contribution in [1.82, 2.24) is 5.32 Å². The van der Waals surface area contributed by atoms with E-state index < -0.39 is 0 Å². The van der Waals surface area contributed by atoms with Crippen LogP contribution >= 0.6 is 0 Å². The van der Waals surface area contributed by atoms with Crippen molar-refractivity contribution < 1.29 is 4.79 Å². The second kappa shape index (κ2) is 6.33. The van der Waals surface area contributed by atoms with Crippen LogP contribution in [0.4, 0.5) is 0 Å². The number of rotatable bonds is 4. The lowest BCUT2D eigenvalue weighted by Crippen LogP contribution is -2.21. The van der Waals surface area contributed by atoms with E-state index in [0.717, 1.165) is 6.42 Å². The Bertz CT molecular complexity index is 118. The van der Waals surface area contributed by atoms with Crippen LogP contribution in [0.2, 0.25) is 0 Å². The molecule has 0 saturated carbocycles. The first kappa shape index (κ1) is 9.21. The highest BCUT2D eigenvalue weighted by Crippen LogP contribution is 1.89. The van der Waals surface area contributed by atoms with Crippen LogP contribution in [0.5, 0.6) is 0 Å². The minimum absolute atomic E-state index is 0.112. The molecule has 0 aromatic carbocycles. The Hall–Kier alpha value is -0.790. The van der Waals surface area contributed by atoms with Gasteiger partial charge in [0.25, 0.3) is 0 Å². The maximum absolute atomic E-state index is 10.8. The Morgan fingerprint density at radius 1 is 1.70 bits per heavy atom. The number of nitrogens with one attached hydrogen (secondary N) is 1. The second-order valence-electron chi connectivity index (χ2n) is 1.96. The van der Waals surface area contributed by atoms with E-state index >= 15 is 0 Å². The quantitative estimate of drug-likeness (QED) is 0.626. The van der Waals surface area contributed by atoms with E-state index in [4.69, 9.17) is 0 Å². The van der Waals surface area contributed by atoms with Crippen molar-refractivity contribution in [3.05, 3.63) is 19.1 Å². The summed E-state index contributed by atoms with van der Waals surface area (Å²) in [6.45, 7) is 6.14. The molecule has 1 radical (unpaired) electrons. The molecule has 0 aliphatic heterocycles. The highest BCUT2D eigenvalue weighted by molar-refractivity contribution is 5.75. The maximum Gasteiger partial charge on any atom is 0.220 e. The SMILES string of the molecule is [CH2]/C=C/CCC(=O)NCC. The largest absolute Gasteiger partial charge is 0.356 e. The number of hydrogen-bond acceptors (Lipinski definition) is 1. The van der Waals surface area contributed by atoms with Gasteiger partial charge in [0.15, 0.2) is 0 Å². The average molecular weight is 140 g/mol. The average Bonchev–Trinajstić information content (AvgIpc) is 1.89. The molecule has 1 N–H and O–H groups in total. The Balaban J connectivity index is 3.21. The maximum atomic E-state index is 10.8. The van der Waals surface area contributed by atoms with Gasteiger partial charge in [-0.05, 0) is 20.3 Å². The van der Waals surface area contributed by atoms with Gasteiger partial charge in [0.2, 0.25) is 5.91 Å². The zero-order valence-corrected chi connectivity index (χ0v) is 6.39. The molecule has 57 valence electrons. The summed E-state index contributed by atoms with van der Waals surface area (Å²) in [6, 6.07) is 0. The summed E-state index contributed by atoms with van der Waals surface area (Å²) >= 11 is 0. The van der Waals surface area contributed by atoms with Gasteiger partial charge in [-0.1, -0.05) is 12.2 Å². The van der Waals surface area contributed by atoms with E-state index in [9.17, 15) is 4.79 Å². The van der Waals surface area contributed by atoms with Gasteiger partial charge in [-0.3, -0.25) is 4.79 Å². The van der Waals surface area contributed by atoms with Gasteiger partial charge in [0.1, 0.15) is 0 Å². The predicted molar refractivity (Wildman–Crippen MR) is 42.4 cm³/mol. The zero-order valence-electron chi connectivity index (χ0n) is 6.39. The first-order chi connectivity index (χ1) is 4.81. The van der Waals surface area contributed by atoms with Crippen LogP contribution in [0, 0.1) is 6.92 Å². The normalized spacial score (nSPS) is 10.2. The highest BCUT2D eigenvalue weighted by Gasteiger charge is 1.94. The number of carbonyl (C=O) groups excluding carboxylic acids is 1. The molecule has 0 bridgehead atoms. The van der Waals surface area contributed by atoms with Crippen molar-refractivity contribution in [2.75, 3.05) is 6.54 Å². The molecule has 0 saturated heterocycles. The summed E-state index contributed by atoms with van der Waals surface area (Å²) in [7, 11) is 0. The van der Waals surface area contributed by atoms with Crippen molar-refractivity contribution in [2.45, 2.75) is 19.8 Å². The molecule has 0 aromatic rings. The fraction of sp³-hybridized carbons (Fsp3) is 0.500. The van der Waals surface area contributed by atoms with Gasteiger partial charge in [-0.15, -0.1) is 0 Å². The number of allylic oxidation sites excluding steroid dienone is 2. The minimum atomic E-state index is 0.112. The lowest BCUT2D eigenvalue weighted by Gasteiger charge is -1.97. The molecule has 0 heterocycles. The summed E-state index contributed by atoms with van der Waals surface area (Å²) in [5.74, 6) is 0.112. The van der Waals surface area contributed by atoms with Gasteiger partial charge >= 0.3 is 0 Å². The monoisotopic (exact) mass is 140 g/mol. The molecule has 2 heteroatoms. The molecule has 10 heavy (non-hydrogen) atoms. The molecule has 0 aliphatic rings. The van der Waals surface area contributed by atoms with Crippen LogP contribution in [0.3, 0.4) is 0 Å². The summed E-state index contributed by atoms with van der Waals surface area (Å²) in [5.41, 5.74) is 0. The van der Waals surface area contributed by atoms with E-state index in [1.165, 1.54) is 0 Å². The third-order valence-corrected chi connectivity index (χ3v) is 1.08. The molecule has 0 unspecified atom stereocenters. The molecular weight excluding hydrogens is 126 g/mol. The van der Waals surface area contributed by atoms with Gasteiger partial charge < -0.3 is 5.32 Å². The summed E-state index contributed by atoms with van der Waals surface area (Å²) in [4.78, 5) is 10.8. The van der Waals surface area contributed by atoms with Crippen LogP contribution in [0.15, 0.2) is 12.2 Å². The molecule has 0 spiro atoms. The molecule has 0 fully saturated rings. The molecule has 1 amide bonds. The van der Waals surface area contributed by atoms with Crippen molar-refractivity contribution in [1.29, 1.82) is 0 Å². The van der Waals surface area contributed by atoms with Gasteiger partial charge in [0.05, 0.1) is 0 Å². The molecule has 0 rings (SSSR count). The van der Waals surface area contributed by atoms with Crippen LogP contribution < -0.4 is 5.32 Å². The van der Waals surface area contributed by atoms with Crippen LogP contribution in [0.25, 0.3) is 0 Å². The molecule has 2 nitrogen and oxygen atoms in total. The topological polar surface area (TPSA) is 29.1 Å². The molecule has 0 aromatic heterocycles. The van der Waals surface area contributed by atoms with Gasteiger partial charge in [0, 0.05) is 13.0 Å². The van der Waals surface area contributed by atoms with E-state index in [1.807, 2.05) is 13.0 Å². The first-order valence-electron chi connectivity index (χ1n) is 3.52. The minimum Gasteiger partial charge on any atom is -0.356 e. The van der Waals surface area contributed by atoms with Crippen molar-refractivity contribution >= 4 is 5.91 Å². The second-order valence-corrected chi connectivity index (χ2v) is 1.96.